The van der Waals surface area contributed by atoms with E-state index in [1.165, 1.54) is 5.56 Å². The maximum absolute atomic E-state index is 10.7. The molecule has 5 nitrogen and oxygen atoms in total. The van der Waals surface area contributed by atoms with Crippen molar-refractivity contribution in [1.29, 1.82) is 0 Å². The highest BCUT2D eigenvalue weighted by atomic mass is 16.6. The number of rotatable bonds is 3. The summed E-state index contributed by atoms with van der Waals surface area (Å²) in [5, 5.41) is 8.77. The van der Waals surface area contributed by atoms with Gasteiger partial charge in [0.2, 0.25) is 0 Å². The lowest BCUT2D eigenvalue weighted by Crippen LogP contribution is -2.11. The van der Waals surface area contributed by atoms with Crippen molar-refractivity contribution < 1.29 is 19.1 Å². The van der Waals surface area contributed by atoms with E-state index in [1.807, 2.05) is 25.1 Å². The molecule has 0 aliphatic rings. The van der Waals surface area contributed by atoms with Gasteiger partial charge in [-0.1, -0.05) is 32.9 Å². The summed E-state index contributed by atoms with van der Waals surface area (Å²) in [6, 6.07) is 5.85. The van der Waals surface area contributed by atoms with Crippen molar-refractivity contribution in [2.24, 2.45) is 0 Å². The monoisotopic (exact) mass is 275 g/mol. The average molecular weight is 275 g/mol. The fourth-order valence-corrected chi connectivity index (χ4v) is 1.73. The van der Waals surface area contributed by atoms with Gasteiger partial charge in [0.25, 0.3) is 0 Å². The Bertz CT molecular complexity index is 638. The van der Waals surface area contributed by atoms with Crippen molar-refractivity contribution in [3.63, 3.8) is 0 Å². The molecule has 0 unspecified atom stereocenters. The maximum Gasteiger partial charge on any atom is 0.399 e. The number of nitrogens with zero attached hydrogens (tertiary/aromatic N) is 1. The SMILES string of the molecule is Cc1cc(C(C)(C)C)ccc1Oc1nc(C(=O)O)co1. The van der Waals surface area contributed by atoms with Gasteiger partial charge >= 0.3 is 12.0 Å². The number of aromatic nitrogens is 1. The van der Waals surface area contributed by atoms with Crippen molar-refractivity contribution in [2.75, 3.05) is 0 Å². The van der Waals surface area contributed by atoms with Crippen LogP contribution in [0.4, 0.5) is 0 Å². The van der Waals surface area contributed by atoms with Crippen molar-refractivity contribution in [2.45, 2.75) is 33.1 Å². The third-order valence-corrected chi connectivity index (χ3v) is 2.94. The molecule has 0 radical (unpaired) electrons. The molecule has 0 saturated carbocycles. The minimum atomic E-state index is -1.15. The lowest BCUT2D eigenvalue weighted by Gasteiger charge is -2.20. The summed E-state index contributed by atoms with van der Waals surface area (Å²) in [6.07, 6.45) is 0.977. The highest BCUT2D eigenvalue weighted by Crippen LogP contribution is 2.30. The molecule has 1 aromatic heterocycles. The second-order valence-electron chi connectivity index (χ2n) is 5.64. The van der Waals surface area contributed by atoms with Gasteiger partial charge in [-0.15, -0.1) is 0 Å². The largest absolute Gasteiger partial charge is 0.476 e. The number of aromatic carboxylic acids is 1. The van der Waals surface area contributed by atoms with Crippen molar-refractivity contribution in [3.8, 4) is 11.8 Å². The molecule has 2 aromatic rings. The Balaban J connectivity index is 2.23. The van der Waals surface area contributed by atoms with E-state index in [2.05, 4.69) is 25.8 Å². The predicted octanol–water partition coefficient (Wildman–Crippen LogP) is 3.77. The standard InChI is InChI=1S/C15H17NO4/c1-9-7-10(15(2,3)4)5-6-12(9)20-14-16-11(8-19-14)13(17)18/h5-8H,1-4H3,(H,17,18). The molecule has 1 heterocycles. The Morgan fingerprint density at radius 1 is 1.35 bits per heavy atom. The molecular weight excluding hydrogens is 258 g/mol. The van der Waals surface area contributed by atoms with E-state index in [4.69, 9.17) is 14.3 Å². The maximum atomic E-state index is 10.7. The number of hydrogen-bond donors (Lipinski definition) is 1. The van der Waals surface area contributed by atoms with Crippen LogP contribution >= 0.6 is 0 Å². The first kappa shape index (κ1) is 14.1. The zero-order valence-corrected chi connectivity index (χ0v) is 11.9. The molecule has 0 aliphatic carbocycles. The first-order chi connectivity index (χ1) is 9.27. The molecule has 5 heteroatoms. The van der Waals surface area contributed by atoms with E-state index < -0.39 is 5.97 Å². The van der Waals surface area contributed by atoms with Crippen LogP contribution in [0.1, 0.15) is 42.4 Å². The number of carbonyl (C=O) groups is 1. The summed E-state index contributed by atoms with van der Waals surface area (Å²) in [7, 11) is 0. The smallest absolute Gasteiger partial charge is 0.399 e. The average Bonchev–Trinajstić information content (AvgIpc) is 2.79. The number of ether oxygens (including phenoxy) is 1. The second kappa shape index (κ2) is 5.00. The normalized spacial score (nSPS) is 11.4. The van der Waals surface area contributed by atoms with Crippen LogP contribution < -0.4 is 4.74 Å². The fourth-order valence-electron chi connectivity index (χ4n) is 1.73. The third-order valence-electron chi connectivity index (χ3n) is 2.94. The van der Waals surface area contributed by atoms with Gasteiger partial charge in [0.1, 0.15) is 12.0 Å². The molecule has 2 rings (SSSR count). The minimum absolute atomic E-state index is 0.0582. The Labute approximate surface area is 117 Å². The van der Waals surface area contributed by atoms with Crippen LogP contribution in [0, 0.1) is 6.92 Å². The molecule has 0 bridgehead atoms. The van der Waals surface area contributed by atoms with E-state index in [-0.39, 0.29) is 17.2 Å². The fraction of sp³-hybridized carbons (Fsp3) is 0.333. The molecule has 0 saturated heterocycles. The van der Waals surface area contributed by atoms with E-state index >= 15 is 0 Å². The van der Waals surface area contributed by atoms with Crippen molar-refractivity contribution >= 4 is 5.97 Å². The molecule has 1 aromatic carbocycles. The van der Waals surface area contributed by atoms with E-state index in [1.54, 1.807) is 0 Å². The molecule has 0 aliphatic heterocycles. The Kier molecular flexibility index (Phi) is 3.53. The van der Waals surface area contributed by atoms with Gasteiger partial charge in [-0.25, -0.2) is 4.79 Å². The van der Waals surface area contributed by atoms with Crippen LogP contribution in [0.2, 0.25) is 0 Å². The van der Waals surface area contributed by atoms with Gasteiger partial charge in [0.05, 0.1) is 0 Å². The molecule has 106 valence electrons. The lowest BCUT2D eigenvalue weighted by molar-refractivity contribution is 0.0690. The van der Waals surface area contributed by atoms with Crippen molar-refractivity contribution in [1.82, 2.24) is 4.98 Å². The molecule has 0 atom stereocenters. The zero-order chi connectivity index (χ0) is 14.9. The van der Waals surface area contributed by atoms with Gasteiger partial charge in [-0.05, 0) is 29.5 Å². The zero-order valence-electron chi connectivity index (χ0n) is 11.9. The Hall–Kier alpha value is -2.30. The summed E-state index contributed by atoms with van der Waals surface area (Å²) in [5.74, 6) is -0.555. The summed E-state index contributed by atoms with van der Waals surface area (Å²) in [4.78, 5) is 14.4. The number of benzene rings is 1. The van der Waals surface area contributed by atoms with Crippen LogP contribution in [0.15, 0.2) is 28.9 Å². The topological polar surface area (TPSA) is 72.6 Å². The van der Waals surface area contributed by atoms with Gasteiger partial charge in [-0.2, -0.15) is 4.98 Å². The number of aryl methyl sites for hydroxylation is 1. The molecule has 1 N–H and O–H groups in total. The summed E-state index contributed by atoms with van der Waals surface area (Å²) in [6.45, 7) is 8.33. The van der Waals surface area contributed by atoms with Gasteiger partial charge < -0.3 is 14.3 Å². The van der Waals surface area contributed by atoms with Crippen molar-refractivity contribution in [3.05, 3.63) is 41.3 Å². The molecule has 0 amide bonds. The Morgan fingerprint density at radius 2 is 2.05 bits per heavy atom. The number of oxazole rings is 1. The molecular formula is C15H17NO4. The van der Waals surface area contributed by atoms with E-state index in [0.717, 1.165) is 11.8 Å². The first-order valence-corrected chi connectivity index (χ1v) is 6.25. The Morgan fingerprint density at radius 3 is 2.55 bits per heavy atom. The molecule has 0 fully saturated rings. The van der Waals surface area contributed by atoms with Crippen LogP contribution in [0.25, 0.3) is 0 Å². The summed E-state index contributed by atoms with van der Waals surface area (Å²) >= 11 is 0. The summed E-state index contributed by atoms with van der Waals surface area (Å²) in [5.41, 5.74) is 2.01. The summed E-state index contributed by atoms with van der Waals surface area (Å²) < 4.78 is 10.4. The van der Waals surface area contributed by atoms with E-state index in [0.29, 0.717) is 5.75 Å². The predicted molar refractivity (Wildman–Crippen MR) is 73.4 cm³/mol. The first-order valence-electron chi connectivity index (χ1n) is 6.25. The van der Waals surface area contributed by atoms with Gasteiger partial charge in [0.15, 0.2) is 5.69 Å². The van der Waals surface area contributed by atoms with Crippen LogP contribution in [-0.2, 0) is 5.41 Å². The number of carboxylic acid groups (broad SMARTS) is 1. The van der Waals surface area contributed by atoms with Gasteiger partial charge in [-0.3, -0.25) is 0 Å². The van der Waals surface area contributed by atoms with Gasteiger partial charge in [0, 0.05) is 0 Å². The highest BCUT2D eigenvalue weighted by molar-refractivity contribution is 5.84. The lowest BCUT2D eigenvalue weighted by atomic mass is 9.86. The van der Waals surface area contributed by atoms with Crippen LogP contribution in [0.3, 0.4) is 0 Å². The highest BCUT2D eigenvalue weighted by Gasteiger charge is 2.16. The van der Waals surface area contributed by atoms with Crippen LogP contribution in [0.5, 0.6) is 11.8 Å². The third kappa shape index (κ3) is 2.99. The van der Waals surface area contributed by atoms with E-state index in [9.17, 15) is 4.79 Å². The van der Waals surface area contributed by atoms with Crippen LogP contribution in [-0.4, -0.2) is 16.1 Å². The second-order valence-corrected chi connectivity index (χ2v) is 5.64. The number of carboxylic acids is 1. The number of hydrogen-bond acceptors (Lipinski definition) is 4. The molecule has 0 spiro atoms. The minimum Gasteiger partial charge on any atom is -0.476 e. The molecule has 20 heavy (non-hydrogen) atoms. The quantitative estimate of drug-likeness (QED) is 0.923.